The minimum absolute atomic E-state index is 0.271. The Morgan fingerprint density at radius 3 is 2.64 bits per heavy atom. The van der Waals surface area contributed by atoms with Gasteiger partial charge in [0.2, 0.25) is 0 Å². The summed E-state index contributed by atoms with van der Waals surface area (Å²) in [5.74, 6) is -0.788. The smallest absolute Gasteiger partial charge is 0.296 e. The monoisotopic (exact) mass is 190 g/mol. The Balaban J connectivity index is 2.56. The van der Waals surface area contributed by atoms with Crippen molar-refractivity contribution in [3.63, 3.8) is 0 Å². The maximum atomic E-state index is 10.9. The Bertz CT molecular complexity index is 484. The van der Waals surface area contributed by atoms with Crippen molar-refractivity contribution in [1.29, 1.82) is 0 Å². The zero-order chi connectivity index (χ0) is 9.97. The number of carbonyl (C=O) groups excluding carboxylic acids is 1. The maximum absolute atomic E-state index is 10.9. The first-order chi connectivity index (χ1) is 6.81. The first-order valence-electron chi connectivity index (χ1n) is 3.87. The van der Waals surface area contributed by atoms with E-state index >= 15 is 0 Å². The van der Waals surface area contributed by atoms with Gasteiger partial charge in [-0.2, -0.15) is 15.5 Å². The molecule has 70 valence electrons. The van der Waals surface area contributed by atoms with E-state index in [4.69, 9.17) is 5.26 Å². The number of fused-ring (bicyclic) bond motifs is 1. The van der Waals surface area contributed by atoms with Crippen LogP contribution in [0.5, 0.6) is 0 Å². The Labute approximate surface area is 78.9 Å². The van der Waals surface area contributed by atoms with E-state index in [1.54, 1.807) is 24.4 Å². The van der Waals surface area contributed by atoms with E-state index in [9.17, 15) is 4.79 Å². The Morgan fingerprint density at radius 1 is 1.21 bits per heavy atom. The lowest BCUT2D eigenvalue weighted by atomic mass is 10.1. The van der Waals surface area contributed by atoms with Gasteiger partial charge in [-0.25, -0.2) is 4.79 Å². The summed E-state index contributed by atoms with van der Waals surface area (Å²) in [6.45, 7) is 0. The van der Waals surface area contributed by atoms with Gasteiger partial charge in [-0.1, -0.05) is 6.07 Å². The quantitative estimate of drug-likeness (QED) is 0.541. The fourth-order valence-corrected chi connectivity index (χ4v) is 1.17. The molecule has 1 heterocycles. The molecule has 0 unspecified atom stereocenters. The summed E-state index contributed by atoms with van der Waals surface area (Å²) < 4.78 is 0. The van der Waals surface area contributed by atoms with Crippen LogP contribution in [0.1, 0.15) is 10.4 Å². The predicted molar refractivity (Wildman–Crippen MR) is 47.6 cm³/mol. The number of nitrogens with zero attached hydrogens (tertiary/aromatic N) is 2. The minimum atomic E-state index is -0.788. The molecule has 0 spiro atoms. The highest BCUT2D eigenvalue weighted by atomic mass is 17.1. The van der Waals surface area contributed by atoms with Gasteiger partial charge in [0.05, 0.1) is 18.0 Å². The number of hydrogen-bond donors (Lipinski definition) is 1. The van der Waals surface area contributed by atoms with Crippen LogP contribution in [0.3, 0.4) is 0 Å². The van der Waals surface area contributed by atoms with E-state index in [1.165, 1.54) is 6.20 Å². The summed E-state index contributed by atoms with van der Waals surface area (Å²) in [6, 6.07) is 4.82. The fourth-order valence-electron chi connectivity index (χ4n) is 1.17. The third-order valence-corrected chi connectivity index (χ3v) is 1.87. The van der Waals surface area contributed by atoms with Crippen LogP contribution >= 0.6 is 0 Å². The summed E-state index contributed by atoms with van der Waals surface area (Å²) in [5, 5.41) is 17.2. The SMILES string of the molecule is O=C(OO)c1ccc2cnncc2c1. The van der Waals surface area contributed by atoms with Crippen molar-refractivity contribution in [3.05, 3.63) is 36.2 Å². The average Bonchev–Trinajstić information content (AvgIpc) is 2.27. The standard InChI is InChI=1S/C9H6N2O3/c12-9(14-13)6-1-2-7-4-10-11-5-8(7)3-6/h1-5,13H. The van der Waals surface area contributed by atoms with Crippen LogP contribution in [-0.2, 0) is 4.89 Å². The van der Waals surface area contributed by atoms with Crippen molar-refractivity contribution in [2.45, 2.75) is 0 Å². The minimum Gasteiger partial charge on any atom is -0.296 e. The molecule has 2 aromatic rings. The number of rotatable bonds is 1. The molecule has 5 nitrogen and oxygen atoms in total. The van der Waals surface area contributed by atoms with Crippen molar-refractivity contribution < 1.29 is 14.9 Å². The van der Waals surface area contributed by atoms with E-state index < -0.39 is 5.97 Å². The predicted octanol–water partition coefficient (Wildman–Crippen LogP) is 1.26. The lowest BCUT2D eigenvalue weighted by molar-refractivity contribution is -0.182. The molecule has 1 aromatic carbocycles. The second-order valence-corrected chi connectivity index (χ2v) is 2.71. The van der Waals surface area contributed by atoms with Crippen LogP contribution in [0.2, 0.25) is 0 Å². The van der Waals surface area contributed by atoms with E-state index in [-0.39, 0.29) is 5.56 Å². The molecule has 0 aliphatic heterocycles. The third kappa shape index (κ3) is 1.40. The topological polar surface area (TPSA) is 72.3 Å². The first-order valence-corrected chi connectivity index (χ1v) is 3.87. The molecule has 0 fully saturated rings. The molecule has 1 N–H and O–H groups in total. The molecule has 0 saturated heterocycles. The van der Waals surface area contributed by atoms with E-state index in [0.717, 1.165) is 10.8 Å². The van der Waals surface area contributed by atoms with Crippen LogP contribution in [-0.4, -0.2) is 21.4 Å². The van der Waals surface area contributed by atoms with Gasteiger partial charge in [0.15, 0.2) is 0 Å². The van der Waals surface area contributed by atoms with Gasteiger partial charge in [0, 0.05) is 10.8 Å². The summed E-state index contributed by atoms with van der Waals surface area (Å²) >= 11 is 0. The molecule has 1 aromatic heterocycles. The van der Waals surface area contributed by atoms with Gasteiger partial charge >= 0.3 is 5.97 Å². The Hall–Kier alpha value is -2.01. The molecule has 0 bridgehead atoms. The van der Waals surface area contributed by atoms with Crippen molar-refractivity contribution in [3.8, 4) is 0 Å². The van der Waals surface area contributed by atoms with Crippen LogP contribution in [0.25, 0.3) is 10.8 Å². The van der Waals surface area contributed by atoms with Gasteiger partial charge in [-0.15, -0.1) is 0 Å². The first kappa shape index (κ1) is 8.58. The van der Waals surface area contributed by atoms with Gasteiger partial charge in [0.25, 0.3) is 0 Å². The summed E-state index contributed by atoms with van der Waals surface area (Å²) in [6.07, 6.45) is 3.12. The lowest BCUT2D eigenvalue weighted by Gasteiger charge is -1.98. The second kappa shape index (κ2) is 3.39. The highest BCUT2D eigenvalue weighted by Gasteiger charge is 2.06. The fraction of sp³-hybridized carbons (Fsp3) is 0. The van der Waals surface area contributed by atoms with Gasteiger partial charge in [-0.05, 0) is 12.1 Å². The second-order valence-electron chi connectivity index (χ2n) is 2.71. The van der Waals surface area contributed by atoms with Crippen molar-refractivity contribution in [1.82, 2.24) is 10.2 Å². The van der Waals surface area contributed by atoms with Crippen LogP contribution in [0, 0.1) is 0 Å². The van der Waals surface area contributed by atoms with E-state index in [0.29, 0.717) is 0 Å². The van der Waals surface area contributed by atoms with Crippen LogP contribution in [0.4, 0.5) is 0 Å². The summed E-state index contributed by atoms with van der Waals surface area (Å²) in [5.41, 5.74) is 0.271. The maximum Gasteiger partial charge on any atom is 0.372 e. The Kier molecular flexibility index (Phi) is 2.08. The molecule has 0 aliphatic carbocycles. The Morgan fingerprint density at radius 2 is 1.93 bits per heavy atom. The van der Waals surface area contributed by atoms with Gasteiger partial charge in [0.1, 0.15) is 0 Å². The van der Waals surface area contributed by atoms with Crippen LogP contribution in [0.15, 0.2) is 30.6 Å². The number of aromatic nitrogens is 2. The van der Waals surface area contributed by atoms with Gasteiger partial charge < -0.3 is 0 Å². The molecule has 0 amide bonds. The average molecular weight is 190 g/mol. The molecule has 0 saturated carbocycles. The molecule has 0 radical (unpaired) electrons. The zero-order valence-electron chi connectivity index (χ0n) is 7.04. The summed E-state index contributed by atoms with van der Waals surface area (Å²) in [4.78, 5) is 14.6. The highest BCUT2D eigenvalue weighted by molar-refractivity contribution is 5.94. The largest absolute Gasteiger partial charge is 0.372 e. The molecule has 5 heteroatoms. The van der Waals surface area contributed by atoms with Crippen molar-refractivity contribution in [2.24, 2.45) is 0 Å². The molecular weight excluding hydrogens is 184 g/mol. The normalized spacial score (nSPS) is 10.1. The molecule has 14 heavy (non-hydrogen) atoms. The third-order valence-electron chi connectivity index (χ3n) is 1.87. The van der Waals surface area contributed by atoms with E-state index in [1.807, 2.05) is 0 Å². The van der Waals surface area contributed by atoms with Gasteiger partial charge in [-0.3, -0.25) is 4.89 Å². The molecule has 0 atom stereocenters. The van der Waals surface area contributed by atoms with Crippen molar-refractivity contribution >= 4 is 16.7 Å². The molecular formula is C9H6N2O3. The number of hydrogen-bond acceptors (Lipinski definition) is 5. The zero-order valence-corrected chi connectivity index (χ0v) is 7.04. The lowest BCUT2D eigenvalue weighted by Crippen LogP contribution is -2.01. The van der Waals surface area contributed by atoms with Crippen LogP contribution < -0.4 is 0 Å². The highest BCUT2D eigenvalue weighted by Crippen LogP contribution is 2.13. The molecule has 0 aliphatic rings. The number of carbonyl (C=O) groups is 1. The molecule has 2 rings (SSSR count). The number of benzene rings is 1. The van der Waals surface area contributed by atoms with Crippen molar-refractivity contribution in [2.75, 3.05) is 0 Å². The van der Waals surface area contributed by atoms with E-state index in [2.05, 4.69) is 15.1 Å². The summed E-state index contributed by atoms with van der Waals surface area (Å²) in [7, 11) is 0.